The van der Waals surface area contributed by atoms with Crippen LogP contribution in [0.3, 0.4) is 0 Å². The zero-order valence-corrected chi connectivity index (χ0v) is 17.8. The van der Waals surface area contributed by atoms with E-state index in [0.717, 1.165) is 36.9 Å². The number of aryl methyl sites for hydroxylation is 1. The molecule has 0 spiro atoms. The molecule has 0 saturated heterocycles. The first-order chi connectivity index (χ1) is 13.9. The van der Waals surface area contributed by atoms with Crippen molar-refractivity contribution >= 4 is 22.8 Å². The second-order valence-corrected chi connectivity index (χ2v) is 9.02. The van der Waals surface area contributed by atoms with Crippen LogP contribution >= 0.6 is 11.6 Å². The number of benzene rings is 1. The van der Waals surface area contributed by atoms with E-state index in [9.17, 15) is 5.11 Å². The van der Waals surface area contributed by atoms with Gasteiger partial charge in [-0.3, -0.25) is 4.98 Å². The highest BCUT2D eigenvalue weighted by molar-refractivity contribution is 6.33. The summed E-state index contributed by atoms with van der Waals surface area (Å²) in [6, 6.07) is 10.5. The Morgan fingerprint density at radius 1 is 1.14 bits per heavy atom. The van der Waals surface area contributed by atoms with Crippen LogP contribution in [0.15, 0.2) is 30.3 Å². The lowest BCUT2D eigenvalue weighted by molar-refractivity contribution is 0.0714. The lowest BCUT2D eigenvalue weighted by Gasteiger charge is -2.21. The molecule has 6 heteroatoms. The molecule has 3 aromatic rings. The molecule has 0 atom stereocenters. The van der Waals surface area contributed by atoms with Gasteiger partial charge in [0.25, 0.3) is 6.01 Å². The molecule has 4 rings (SSSR count). The van der Waals surface area contributed by atoms with Crippen LogP contribution in [0.5, 0.6) is 6.01 Å². The molecule has 0 amide bonds. The third-order valence-electron chi connectivity index (χ3n) is 5.49. The number of nitrogens with zero attached hydrogens (tertiary/aromatic N) is 2. The molecule has 1 saturated carbocycles. The lowest BCUT2D eigenvalue weighted by atomic mass is 9.98. The molecule has 1 aliphatic carbocycles. The molecule has 0 aliphatic heterocycles. The molecule has 29 heavy (non-hydrogen) atoms. The van der Waals surface area contributed by atoms with Gasteiger partial charge in [-0.05, 0) is 64.0 Å². The Bertz CT molecular complexity index is 970. The maximum atomic E-state index is 9.91. The summed E-state index contributed by atoms with van der Waals surface area (Å²) in [7, 11) is 0. The first-order valence-electron chi connectivity index (χ1n) is 10.4. The second-order valence-electron chi connectivity index (χ2n) is 8.62. The lowest BCUT2D eigenvalue weighted by Crippen LogP contribution is -2.20. The number of hydrogen-bond donors (Lipinski definition) is 2. The second kappa shape index (κ2) is 8.33. The summed E-state index contributed by atoms with van der Waals surface area (Å²) in [5.74, 6) is 0. The van der Waals surface area contributed by atoms with Crippen molar-refractivity contribution < 1.29 is 9.84 Å². The van der Waals surface area contributed by atoms with Gasteiger partial charge in [-0.1, -0.05) is 42.3 Å². The topological polar surface area (TPSA) is 71.0 Å². The molecule has 1 fully saturated rings. The Balaban J connectivity index is 1.53. The van der Waals surface area contributed by atoms with Gasteiger partial charge in [-0.25, -0.2) is 4.98 Å². The molecule has 2 heterocycles. The summed E-state index contributed by atoms with van der Waals surface area (Å²) in [5, 5.41) is 10.5. The number of H-pyrrole nitrogens is 1. The Morgan fingerprint density at radius 2 is 1.86 bits per heavy atom. The number of aromatic nitrogens is 3. The normalized spacial score (nSPS) is 15.7. The van der Waals surface area contributed by atoms with Crippen molar-refractivity contribution in [2.75, 3.05) is 0 Å². The number of rotatable bonds is 6. The van der Waals surface area contributed by atoms with E-state index in [2.05, 4.69) is 22.1 Å². The Labute approximate surface area is 176 Å². The van der Waals surface area contributed by atoms with Gasteiger partial charge in [0.1, 0.15) is 11.6 Å². The zero-order chi connectivity index (χ0) is 20.4. The number of ether oxygens (including phenoxy) is 1. The van der Waals surface area contributed by atoms with Crippen molar-refractivity contribution in [1.29, 1.82) is 0 Å². The van der Waals surface area contributed by atoms with Gasteiger partial charge in [0, 0.05) is 5.56 Å². The fourth-order valence-electron chi connectivity index (χ4n) is 3.77. The van der Waals surface area contributed by atoms with Gasteiger partial charge in [-0.15, -0.1) is 0 Å². The third kappa shape index (κ3) is 5.09. The Hall–Kier alpha value is -2.11. The molecule has 0 radical (unpaired) electrons. The van der Waals surface area contributed by atoms with Crippen LogP contribution in [0, 0.1) is 0 Å². The SMILES string of the molecule is CC(C)(O)CCc1ccc(-c2nc3[nH]c(OC4CCCCC4)nc3cc2Cl)cc1. The van der Waals surface area contributed by atoms with Crippen LogP contribution in [-0.2, 0) is 6.42 Å². The largest absolute Gasteiger partial charge is 0.461 e. The summed E-state index contributed by atoms with van der Waals surface area (Å²) in [4.78, 5) is 12.4. The number of halogens is 1. The van der Waals surface area contributed by atoms with E-state index >= 15 is 0 Å². The van der Waals surface area contributed by atoms with E-state index in [0.29, 0.717) is 22.2 Å². The standard InChI is InChI=1S/C23H28ClN3O2/c1-23(2,28)13-12-15-8-10-16(11-9-15)20-18(24)14-19-21(26-20)27-22(25-19)29-17-6-4-3-5-7-17/h8-11,14,17,28H,3-7,12-13H2,1-2H3,(H,25,26,27). The van der Waals surface area contributed by atoms with E-state index < -0.39 is 5.60 Å². The summed E-state index contributed by atoms with van der Waals surface area (Å²) in [6.45, 7) is 3.66. The minimum absolute atomic E-state index is 0.232. The first-order valence-corrected chi connectivity index (χ1v) is 10.8. The molecule has 1 aromatic carbocycles. The third-order valence-corrected chi connectivity index (χ3v) is 5.77. The number of fused-ring (bicyclic) bond motifs is 1. The molecule has 1 aliphatic rings. The first kappa shape index (κ1) is 20.2. The molecule has 154 valence electrons. The van der Waals surface area contributed by atoms with Gasteiger partial charge >= 0.3 is 0 Å². The van der Waals surface area contributed by atoms with E-state index in [4.69, 9.17) is 21.3 Å². The minimum Gasteiger partial charge on any atom is -0.461 e. The fourth-order valence-corrected chi connectivity index (χ4v) is 4.03. The highest BCUT2D eigenvalue weighted by Gasteiger charge is 2.18. The highest BCUT2D eigenvalue weighted by atomic mass is 35.5. The van der Waals surface area contributed by atoms with Crippen molar-refractivity contribution in [3.8, 4) is 17.3 Å². The molecule has 0 bridgehead atoms. The number of imidazole rings is 1. The quantitative estimate of drug-likeness (QED) is 0.544. The van der Waals surface area contributed by atoms with Gasteiger partial charge in [0.15, 0.2) is 5.65 Å². The van der Waals surface area contributed by atoms with E-state index in [1.165, 1.54) is 24.8 Å². The number of pyridine rings is 1. The number of aromatic amines is 1. The molecule has 5 nitrogen and oxygen atoms in total. The van der Waals surface area contributed by atoms with Gasteiger partial charge in [0.2, 0.25) is 0 Å². The monoisotopic (exact) mass is 413 g/mol. The number of aliphatic hydroxyl groups is 1. The van der Waals surface area contributed by atoms with Crippen molar-refractivity contribution in [1.82, 2.24) is 15.0 Å². The van der Waals surface area contributed by atoms with Crippen molar-refractivity contribution in [3.05, 3.63) is 40.9 Å². The summed E-state index contributed by atoms with van der Waals surface area (Å²) in [6.07, 6.45) is 7.65. The maximum Gasteiger partial charge on any atom is 0.296 e. The van der Waals surface area contributed by atoms with Crippen LogP contribution in [0.25, 0.3) is 22.4 Å². The van der Waals surface area contributed by atoms with Crippen molar-refractivity contribution in [2.45, 2.75) is 70.5 Å². The Kier molecular flexibility index (Phi) is 5.79. The van der Waals surface area contributed by atoms with Crippen LogP contribution < -0.4 is 4.74 Å². The van der Waals surface area contributed by atoms with Crippen LogP contribution in [-0.4, -0.2) is 31.8 Å². The highest BCUT2D eigenvalue weighted by Crippen LogP contribution is 2.30. The number of nitrogens with one attached hydrogen (secondary N) is 1. The van der Waals surface area contributed by atoms with Crippen LogP contribution in [0.4, 0.5) is 0 Å². The zero-order valence-electron chi connectivity index (χ0n) is 17.0. The Morgan fingerprint density at radius 3 is 2.55 bits per heavy atom. The molecule has 2 aromatic heterocycles. The van der Waals surface area contributed by atoms with E-state index in [1.807, 2.05) is 32.0 Å². The molecule has 2 N–H and O–H groups in total. The summed E-state index contributed by atoms with van der Waals surface area (Å²) >= 11 is 6.51. The van der Waals surface area contributed by atoms with Crippen LogP contribution in [0.2, 0.25) is 5.02 Å². The smallest absolute Gasteiger partial charge is 0.296 e. The predicted octanol–water partition coefficient (Wildman–Crippen LogP) is 5.69. The van der Waals surface area contributed by atoms with E-state index in [1.54, 1.807) is 0 Å². The predicted molar refractivity (Wildman–Crippen MR) is 116 cm³/mol. The van der Waals surface area contributed by atoms with Crippen LogP contribution in [0.1, 0.15) is 57.9 Å². The average Bonchev–Trinajstić information content (AvgIpc) is 3.07. The summed E-state index contributed by atoms with van der Waals surface area (Å²) in [5.41, 5.74) is 3.59. The number of hydrogen-bond acceptors (Lipinski definition) is 4. The molecular weight excluding hydrogens is 386 g/mol. The molecular formula is C23H28ClN3O2. The summed E-state index contributed by atoms with van der Waals surface area (Å²) < 4.78 is 6.03. The van der Waals surface area contributed by atoms with Gasteiger partial charge in [0.05, 0.1) is 16.3 Å². The average molecular weight is 414 g/mol. The molecule has 0 unspecified atom stereocenters. The fraction of sp³-hybridized carbons (Fsp3) is 0.478. The maximum absolute atomic E-state index is 9.91. The van der Waals surface area contributed by atoms with E-state index in [-0.39, 0.29) is 6.10 Å². The van der Waals surface area contributed by atoms with Crippen molar-refractivity contribution in [2.24, 2.45) is 0 Å². The van der Waals surface area contributed by atoms with Crippen molar-refractivity contribution in [3.63, 3.8) is 0 Å². The van der Waals surface area contributed by atoms with Gasteiger partial charge < -0.3 is 9.84 Å². The van der Waals surface area contributed by atoms with Gasteiger partial charge in [-0.2, -0.15) is 4.98 Å². The minimum atomic E-state index is -0.660.